The minimum absolute atomic E-state index is 0.00364. The molecule has 0 radical (unpaired) electrons. The van der Waals surface area contributed by atoms with Gasteiger partial charge in [-0.15, -0.1) is 11.3 Å². The molecular formula is C22H19N3OS. The van der Waals surface area contributed by atoms with Crippen molar-refractivity contribution in [2.45, 2.75) is 25.8 Å². The zero-order valence-corrected chi connectivity index (χ0v) is 15.8. The predicted octanol–water partition coefficient (Wildman–Crippen LogP) is 4.52. The first-order chi connectivity index (χ1) is 13.2. The van der Waals surface area contributed by atoms with Gasteiger partial charge in [0.1, 0.15) is 0 Å². The maximum Gasteiger partial charge on any atom is 0.221 e. The van der Waals surface area contributed by atoms with Gasteiger partial charge in [-0.1, -0.05) is 48.5 Å². The number of nitrogens with one attached hydrogen (secondary N) is 1. The molecule has 1 aliphatic rings. The summed E-state index contributed by atoms with van der Waals surface area (Å²) >= 11 is 1.63. The van der Waals surface area contributed by atoms with E-state index in [1.165, 1.54) is 16.7 Å². The van der Waals surface area contributed by atoms with Gasteiger partial charge in [-0.3, -0.25) is 9.20 Å². The first kappa shape index (κ1) is 16.3. The molecule has 0 spiro atoms. The highest BCUT2D eigenvalue weighted by molar-refractivity contribution is 7.15. The molecule has 0 bridgehead atoms. The van der Waals surface area contributed by atoms with Crippen molar-refractivity contribution in [2.24, 2.45) is 0 Å². The summed E-state index contributed by atoms with van der Waals surface area (Å²) in [5, 5.41) is 5.04. The van der Waals surface area contributed by atoms with Crippen molar-refractivity contribution < 1.29 is 4.79 Å². The van der Waals surface area contributed by atoms with Crippen LogP contribution in [0.2, 0.25) is 0 Å². The fourth-order valence-electron chi connectivity index (χ4n) is 3.98. The number of hydrogen-bond acceptors (Lipinski definition) is 3. The average Bonchev–Trinajstić information content (AvgIpc) is 3.22. The van der Waals surface area contributed by atoms with Gasteiger partial charge in [0.25, 0.3) is 0 Å². The number of rotatable bonds is 2. The highest BCUT2D eigenvalue weighted by Gasteiger charge is 2.29. The zero-order chi connectivity index (χ0) is 18.4. The number of thiazole rings is 1. The maximum absolute atomic E-state index is 12.4. The largest absolute Gasteiger partial charge is 0.350 e. The standard InChI is InChI=1S/C22H19N3OS/c1-14-5-2-3-8-17(14)15-6-4-7-16(11-15)18-12-20(26)23-13-19-21(18)25-9-10-27-22(25)24-19/h2-11,18H,12-13H2,1H3,(H,23,26)/t18-/m1/s1. The molecule has 0 unspecified atom stereocenters. The van der Waals surface area contributed by atoms with Crippen molar-refractivity contribution in [3.8, 4) is 11.1 Å². The summed E-state index contributed by atoms with van der Waals surface area (Å²) in [4.78, 5) is 18.1. The first-order valence-electron chi connectivity index (χ1n) is 9.07. The fourth-order valence-corrected chi connectivity index (χ4v) is 4.72. The predicted molar refractivity (Wildman–Crippen MR) is 108 cm³/mol. The summed E-state index contributed by atoms with van der Waals surface area (Å²) in [7, 11) is 0. The van der Waals surface area contributed by atoms with Crippen LogP contribution in [-0.2, 0) is 11.3 Å². The summed E-state index contributed by atoms with van der Waals surface area (Å²) in [5.41, 5.74) is 6.92. The minimum Gasteiger partial charge on any atom is -0.350 e. The van der Waals surface area contributed by atoms with Crippen LogP contribution >= 0.6 is 11.3 Å². The molecule has 1 aliphatic heterocycles. The van der Waals surface area contributed by atoms with Gasteiger partial charge < -0.3 is 5.32 Å². The lowest BCUT2D eigenvalue weighted by atomic mass is 9.89. The van der Waals surface area contributed by atoms with E-state index in [4.69, 9.17) is 4.98 Å². The molecule has 0 aliphatic carbocycles. The number of fused-ring (bicyclic) bond motifs is 3. The molecule has 0 saturated heterocycles. The minimum atomic E-state index is -0.00364. The van der Waals surface area contributed by atoms with Crippen LogP contribution in [0.4, 0.5) is 0 Å². The van der Waals surface area contributed by atoms with Crippen LogP contribution in [0.15, 0.2) is 60.1 Å². The van der Waals surface area contributed by atoms with Crippen LogP contribution in [0.5, 0.6) is 0 Å². The Balaban J connectivity index is 1.67. The second-order valence-electron chi connectivity index (χ2n) is 6.97. The Labute approximate surface area is 161 Å². The van der Waals surface area contributed by atoms with Crippen LogP contribution in [0, 0.1) is 6.92 Å². The highest BCUT2D eigenvalue weighted by Crippen LogP contribution is 2.36. The quantitative estimate of drug-likeness (QED) is 0.561. The van der Waals surface area contributed by atoms with E-state index in [-0.39, 0.29) is 11.8 Å². The van der Waals surface area contributed by atoms with Gasteiger partial charge in [-0.25, -0.2) is 4.98 Å². The lowest BCUT2D eigenvalue weighted by Crippen LogP contribution is -2.21. The normalized spacial score (nSPS) is 16.8. The molecule has 0 fully saturated rings. The lowest BCUT2D eigenvalue weighted by molar-refractivity contribution is -0.121. The second-order valence-corrected chi connectivity index (χ2v) is 7.85. The number of imidazole rings is 1. The van der Waals surface area contributed by atoms with E-state index in [2.05, 4.69) is 71.4 Å². The molecule has 1 amide bonds. The van der Waals surface area contributed by atoms with E-state index in [1.54, 1.807) is 11.3 Å². The summed E-state index contributed by atoms with van der Waals surface area (Å²) in [6, 6.07) is 17.0. The van der Waals surface area contributed by atoms with Gasteiger partial charge in [-0.2, -0.15) is 0 Å². The molecule has 5 heteroatoms. The van der Waals surface area contributed by atoms with Gasteiger partial charge in [-0.05, 0) is 29.2 Å². The number of nitrogens with zero attached hydrogens (tertiary/aromatic N) is 2. The van der Waals surface area contributed by atoms with Gasteiger partial charge in [0.15, 0.2) is 4.96 Å². The topological polar surface area (TPSA) is 46.4 Å². The Morgan fingerprint density at radius 3 is 2.96 bits per heavy atom. The van der Waals surface area contributed by atoms with Crippen LogP contribution in [-0.4, -0.2) is 15.3 Å². The highest BCUT2D eigenvalue weighted by atomic mass is 32.1. The number of amides is 1. The Kier molecular flexibility index (Phi) is 3.83. The fraction of sp³-hybridized carbons (Fsp3) is 0.182. The third-order valence-electron chi connectivity index (χ3n) is 5.29. The molecular weight excluding hydrogens is 354 g/mol. The monoisotopic (exact) mass is 373 g/mol. The van der Waals surface area contributed by atoms with Crippen molar-refractivity contribution >= 4 is 22.2 Å². The molecule has 4 nitrogen and oxygen atoms in total. The molecule has 27 heavy (non-hydrogen) atoms. The van der Waals surface area contributed by atoms with E-state index in [9.17, 15) is 4.79 Å². The number of carbonyl (C=O) groups excluding carboxylic acids is 1. The number of benzene rings is 2. The summed E-state index contributed by atoms with van der Waals surface area (Å²) < 4.78 is 2.14. The van der Waals surface area contributed by atoms with E-state index in [0.717, 1.165) is 21.9 Å². The van der Waals surface area contributed by atoms with Gasteiger partial charge in [0.05, 0.1) is 17.9 Å². The number of hydrogen-bond donors (Lipinski definition) is 1. The Bertz CT molecular complexity index is 1160. The third-order valence-corrected chi connectivity index (χ3v) is 6.05. The number of aryl methyl sites for hydroxylation is 1. The van der Waals surface area contributed by atoms with E-state index in [0.29, 0.717) is 13.0 Å². The molecule has 4 aromatic rings. The maximum atomic E-state index is 12.4. The van der Waals surface area contributed by atoms with Gasteiger partial charge in [0, 0.05) is 23.9 Å². The van der Waals surface area contributed by atoms with E-state index in [1.807, 2.05) is 5.38 Å². The average molecular weight is 373 g/mol. The van der Waals surface area contributed by atoms with Gasteiger partial charge >= 0.3 is 0 Å². The molecule has 1 atom stereocenters. The van der Waals surface area contributed by atoms with Crippen LogP contribution in [0.25, 0.3) is 16.1 Å². The van der Waals surface area contributed by atoms with Crippen molar-refractivity contribution in [1.82, 2.24) is 14.7 Å². The Hall–Kier alpha value is -2.92. The molecule has 2 aromatic heterocycles. The van der Waals surface area contributed by atoms with Crippen LogP contribution in [0.1, 0.15) is 34.9 Å². The Morgan fingerprint density at radius 1 is 1.19 bits per heavy atom. The van der Waals surface area contributed by atoms with Gasteiger partial charge in [0.2, 0.25) is 5.91 Å². The number of aromatic nitrogens is 2. The molecule has 0 saturated carbocycles. The van der Waals surface area contributed by atoms with Crippen LogP contribution < -0.4 is 5.32 Å². The summed E-state index contributed by atoms with van der Waals surface area (Å²) in [6.07, 6.45) is 2.49. The Morgan fingerprint density at radius 2 is 2.07 bits per heavy atom. The lowest BCUT2D eigenvalue weighted by Gasteiger charge is -2.17. The molecule has 3 heterocycles. The first-order valence-corrected chi connectivity index (χ1v) is 9.95. The molecule has 1 N–H and O–H groups in total. The molecule has 134 valence electrons. The summed E-state index contributed by atoms with van der Waals surface area (Å²) in [6.45, 7) is 2.63. The van der Waals surface area contributed by atoms with Crippen LogP contribution in [0.3, 0.4) is 0 Å². The van der Waals surface area contributed by atoms with E-state index >= 15 is 0 Å². The zero-order valence-electron chi connectivity index (χ0n) is 15.0. The van der Waals surface area contributed by atoms with Crippen molar-refractivity contribution in [2.75, 3.05) is 0 Å². The molecule has 5 rings (SSSR count). The van der Waals surface area contributed by atoms with E-state index < -0.39 is 0 Å². The third kappa shape index (κ3) is 2.75. The van der Waals surface area contributed by atoms with Crippen molar-refractivity contribution in [1.29, 1.82) is 0 Å². The number of carbonyl (C=O) groups is 1. The molecule has 2 aromatic carbocycles. The van der Waals surface area contributed by atoms with Crippen molar-refractivity contribution in [3.05, 3.63) is 82.6 Å². The second kappa shape index (κ2) is 6.35. The summed E-state index contributed by atoms with van der Waals surface area (Å²) in [5.74, 6) is 0.0688. The smallest absolute Gasteiger partial charge is 0.221 e. The SMILES string of the molecule is Cc1ccccc1-c1cccc([C@H]2CC(=O)NCc3nc4sccn4c32)c1. The van der Waals surface area contributed by atoms with Crippen molar-refractivity contribution in [3.63, 3.8) is 0 Å².